The van der Waals surface area contributed by atoms with Crippen LogP contribution in [0.2, 0.25) is 0 Å². The van der Waals surface area contributed by atoms with Gasteiger partial charge in [0.15, 0.2) is 0 Å². The summed E-state index contributed by atoms with van der Waals surface area (Å²) in [7, 11) is 0. The fraction of sp³-hybridized carbons (Fsp3) is 0.533. The van der Waals surface area contributed by atoms with Gasteiger partial charge in [-0.1, -0.05) is 35.0 Å². The fourth-order valence-electron chi connectivity index (χ4n) is 2.26. The first-order chi connectivity index (χ1) is 9.11. The first-order valence-corrected chi connectivity index (χ1v) is 7.62. The number of benzene rings is 1. The molecule has 1 aliphatic carbocycles. The minimum absolute atomic E-state index is 0.111. The molecule has 2 N–H and O–H groups in total. The maximum Gasteiger partial charge on any atom is 0.223 e. The molecule has 1 aromatic carbocycles. The van der Waals surface area contributed by atoms with Crippen molar-refractivity contribution in [3.05, 3.63) is 34.3 Å². The Bertz CT molecular complexity index is 432. The molecular formula is C15H20BrNO2. The average molecular weight is 326 g/mol. The van der Waals surface area contributed by atoms with Crippen molar-refractivity contribution in [1.82, 2.24) is 5.32 Å². The number of amides is 1. The summed E-state index contributed by atoms with van der Waals surface area (Å²) in [5.41, 5.74) is 1.23. The zero-order chi connectivity index (χ0) is 13.8. The zero-order valence-corrected chi connectivity index (χ0v) is 12.7. The summed E-state index contributed by atoms with van der Waals surface area (Å²) in [6.07, 6.45) is 2.00. The number of hydrogen-bond acceptors (Lipinski definition) is 2. The van der Waals surface area contributed by atoms with E-state index in [9.17, 15) is 9.90 Å². The molecule has 0 spiro atoms. The lowest BCUT2D eigenvalue weighted by Crippen LogP contribution is -2.28. The molecule has 0 aliphatic heterocycles. The standard InChI is InChI=1S/C15H20BrNO2/c1-2-12(18)7-8-17-15(19)14-9-13(14)10-3-5-11(16)6-4-10/h3-6,12-14,18H,2,7-9H2,1H3,(H,17,19). The number of aliphatic hydroxyl groups excluding tert-OH is 1. The summed E-state index contributed by atoms with van der Waals surface area (Å²) < 4.78 is 1.06. The van der Waals surface area contributed by atoms with Gasteiger partial charge in [0.1, 0.15) is 0 Å². The van der Waals surface area contributed by atoms with E-state index < -0.39 is 0 Å². The van der Waals surface area contributed by atoms with Gasteiger partial charge >= 0.3 is 0 Å². The summed E-state index contributed by atoms with van der Waals surface area (Å²) in [6.45, 7) is 2.51. The maximum absolute atomic E-state index is 11.9. The SMILES string of the molecule is CCC(O)CCNC(=O)C1CC1c1ccc(Br)cc1. The number of nitrogens with one attached hydrogen (secondary N) is 1. The summed E-state index contributed by atoms with van der Waals surface area (Å²) in [4.78, 5) is 11.9. The third-order valence-corrected chi connectivity index (χ3v) is 4.20. The van der Waals surface area contributed by atoms with Crippen LogP contribution in [0.15, 0.2) is 28.7 Å². The summed E-state index contributed by atoms with van der Waals surface area (Å²) in [5, 5.41) is 12.3. The molecule has 0 bridgehead atoms. The summed E-state index contributed by atoms with van der Waals surface area (Å²) in [5.74, 6) is 0.598. The molecule has 4 heteroatoms. The van der Waals surface area contributed by atoms with Crippen LogP contribution in [0.4, 0.5) is 0 Å². The third kappa shape index (κ3) is 4.05. The fourth-order valence-corrected chi connectivity index (χ4v) is 2.52. The van der Waals surface area contributed by atoms with E-state index in [1.165, 1.54) is 5.56 Å². The molecule has 2 rings (SSSR count). The predicted octanol–water partition coefficient (Wildman–Crippen LogP) is 2.83. The van der Waals surface area contributed by atoms with Gasteiger partial charge in [0.2, 0.25) is 5.91 Å². The highest BCUT2D eigenvalue weighted by molar-refractivity contribution is 9.10. The van der Waals surface area contributed by atoms with Crippen LogP contribution >= 0.6 is 15.9 Å². The number of carbonyl (C=O) groups is 1. The molecule has 1 aromatic rings. The summed E-state index contributed by atoms with van der Waals surface area (Å²) in [6, 6.07) is 8.17. The normalized spacial score (nSPS) is 22.9. The van der Waals surface area contributed by atoms with Gasteiger partial charge in [-0.15, -0.1) is 0 Å². The molecule has 0 radical (unpaired) electrons. The number of rotatable bonds is 6. The van der Waals surface area contributed by atoms with Crippen LogP contribution in [-0.2, 0) is 4.79 Å². The van der Waals surface area contributed by atoms with E-state index in [4.69, 9.17) is 0 Å². The van der Waals surface area contributed by atoms with Crippen molar-refractivity contribution < 1.29 is 9.90 Å². The Labute approximate surface area is 122 Å². The van der Waals surface area contributed by atoms with Crippen LogP contribution in [0.1, 0.15) is 37.7 Å². The monoisotopic (exact) mass is 325 g/mol. The predicted molar refractivity (Wildman–Crippen MR) is 78.9 cm³/mol. The van der Waals surface area contributed by atoms with Crippen LogP contribution in [-0.4, -0.2) is 23.7 Å². The highest BCUT2D eigenvalue weighted by Gasteiger charge is 2.43. The Kier molecular flexibility index (Phi) is 4.99. The van der Waals surface area contributed by atoms with E-state index in [1.54, 1.807) is 0 Å². The lowest BCUT2D eigenvalue weighted by atomic mass is 10.1. The molecule has 104 valence electrons. The minimum atomic E-state index is -0.304. The lowest BCUT2D eigenvalue weighted by molar-refractivity contribution is -0.122. The Hall–Kier alpha value is -0.870. The van der Waals surface area contributed by atoms with Gasteiger partial charge in [0.25, 0.3) is 0 Å². The number of halogens is 1. The molecule has 3 unspecified atom stereocenters. The Morgan fingerprint density at radius 2 is 2.16 bits per heavy atom. The van der Waals surface area contributed by atoms with Gasteiger partial charge in [-0.05, 0) is 42.9 Å². The van der Waals surface area contributed by atoms with Crippen LogP contribution in [0.3, 0.4) is 0 Å². The Morgan fingerprint density at radius 1 is 1.47 bits per heavy atom. The van der Waals surface area contributed by atoms with Gasteiger partial charge in [0.05, 0.1) is 6.10 Å². The molecule has 3 atom stereocenters. The van der Waals surface area contributed by atoms with E-state index >= 15 is 0 Å². The van der Waals surface area contributed by atoms with E-state index in [1.807, 2.05) is 19.1 Å². The first-order valence-electron chi connectivity index (χ1n) is 6.83. The van der Waals surface area contributed by atoms with E-state index in [-0.39, 0.29) is 17.9 Å². The van der Waals surface area contributed by atoms with Crippen molar-refractivity contribution in [2.45, 2.75) is 38.2 Å². The van der Waals surface area contributed by atoms with Gasteiger partial charge in [-0.25, -0.2) is 0 Å². The number of aliphatic hydroxyl groups is 1. The third-order valence-electron chi connectivity index (χ3n) is 3.67. The lowest BCUT2D eigenvalue weighted by Gasteiger charge is -2.08. The minimum Gasteiger partial charge on any atom is -0.393 e. The van der Waals surface area contributed by atoms with Crippen LogP contribution in [0, 0.1) is 5.92 Å². The number of carbonyl (C=O) groups excluding carboxylic acids is 1. The highest BCUT2D eigenvalue weighted by Crippen LogP contribution is 2.47. The number of hydrogen-bond donors (Lipinski definition) is 2. The quantitative estimate of drug-likeness (QED) is 0.844. The smallest absolute Gasteiger partial charge is 0.223 e. The summed E-state index contributed by atoms with van der Waals surface area (Å²) >= 11 is 3.41. The second-order valence-corrected chi connectivity index (χ2v) is 6.06. The molecular weight excluding hydrogens is 306 g/mol. The molecule has 1 amide bonds. The van der Waals surface area contributed by atoms with Crippen LogP contribution in [0.5, 0.6) is 0 Å². The topological polar surface area (TPSA) is 49.3 Å². The molecule has 0 saturated heterocycles. The van der Waals surface area contributed by atoms with Gasteiger partial charge in [0, 0.05) is 16.9 Å². The molecule has 3 nitrogen and oxygen atoms in total. The van der Waals surface area contributed by atoms with Crippen molar-refractivity contribution in [3.8, 4) is 0 Å². The molecule has 19 heavy (non-hydrogen) atoms. The van der Waals surface area contributed by atoms with Crippen molar-refractivity contribution in [2.75, 3.05) is 6.54 Å². The second kappa shape index (κ2) is 6.53. The highest BCUT2D eigenvalue weighted by atomic mass is 79.9. The molecule has 1 aliphatic rings. The Balaban J connectivity index is 1.76. The average Bonchev–Trinajstić information content (AvgIpc) is 3.19. The van der Waals surface area contributed by atoms with Crippen LogP contribution in [0.25, 0.3) is 0 Å². The molecule has 1 saturated carbocycles. The van der Waals surface area contributed by atoms with E-state index in [0.29, 0.717) is 18.9 Å². The maximum atomic E-state index is 11.9. The van der Waals surface area contributed by atoms with E-state index in [2.05, 4.69) is 33.4 Å². The second-order valence-electron chi connectivity index (χ2n) is 5.14. The van der Waals surface area contributed by atoms with Gasteiger partial charge < -0.3 is 10.4 Å². The van der Waals surface area contributed by atoms with Crippen molar-refractivity contribution in [3.63, 3.8) is 0 Å². The van der Waals surface area contributed by atoms with Crippen molar-refractivity contribution in [1.29, 1.82) is 0 Å². The molecule has 0 aromatic heterocycles. The van der Waals surface area contributed by atoms with Crippen molar-refractivity contribution in [2.24, 2.45) is 5.92 Å². The Morgan fingerprint density at radius 3 is 2.79 bits per heavy atom. The first kappa shape index (κ1) is 14.5. The van der Waals surface area contributed by atoms with Gasteiger partial charge in [-0.2, -0.15) is 0 Å². The zero-order valence-electron chi connectivity index (χ0n) is 11.1. The molecule has 0 heterocycles. The largest absolute Gasteiger partial charge is 0.393 e. The van der Waals surface area contributed by atoms with E-state index in [0.717, 1.165) is 17.3 Å². The molecule has 1 fully saturated rings. The van der Waals surface area contributed by atoms with Gasteiger partial charge in [-0.3, -0.25) is 4.79 Å². The van der Waals surface area contributed by atoms with Crippen LogP contribution < -0.4 is 5.32 Å². The van der Waals surface area contributed by atoms with Crippen molar-refractivity contribution >= 4 is 21.8 Å².